The Morgan fingerprint density at radius 3 is 2.26 bits per heavy atom. The van der Waals surface area contributed by atoms with Gasteiger partial charge in [0.1, 0.15) is 6.10 Å². The van der Waals surface area contributed by atoms with Gasteiger partial charge in [-0.3, -0.25) is 0 Å². The van der Waals surface area contributed by atoms with Crippen LogP contribution in [0.4, 0.5) is 0 Å². The number of fused-ring (bicyclic) bond motifs is 4. The third-order valence-corrected chi connectivity index (χ3v) is 13.4. The van der Waals surface area contributed by atoms with E-state index in [9.17, 15) is 10.2 Å². The lowest BCUT2D eigenvalue weighted by atomic mass is 9.43. The van der Waals surface area contributed by atoms with Crippen molar-refractivity contribution in [2.45, 2.75) is 123 Å². The van der Waals surface area contributed by atoms with Gasteiger partial charge in [-0.15, -0.1) is 0 Å². The Bertz CT molecular complexity index is 965. The summed E-state index contributed by atoms with van der Waals surface area (Å²) < 4.78 is 13.8. The highest BCUT2D eigenvalue weighted by molar-refractivity contribution is 5.37. The molecule has 2 N–H and O–H groups in total. The van der Waals surface area contributed by atoms with Crippen LogP contribution >= 0.6 is 0 Å². The maximum absolute atomic E-state index is 11.0. The minimum absolute atomic E-state index is 0.00765. The largest absolute Gasteiger partial charge is 0.393 e. The van der Waals surface area contributed by atoms with E-state index in [0.29, 0.717) is 34.5 Å². The first kappa shape index (κ1) is 22.8. The fourth-order valence-corrected chi connectivity index (χ4v) is 11.9. The average molecular weight is 471 g/mol. The van der Waals surface area contributed by atoms with Crippen LogP contribution in [0.5, 0.6) is 0 Å². The average Bonchev–Trinajstić information content (AvgIpc) is 3.22. The van der Waals surface area contributed by atoms with E-state index in [1.807, 2.05) is 13.8 Å². The zero-order chi connectivity index (χ0) is 24.3. The Morgan fingerprint density at radius 1 is 0.882 bits per heavy atom. The highest BCUT2D eigenvalue weighted by atomic mass is 16.8. The number of hydrogen-bond acceptors (Lipinski definition) is 4. The van der Waals surface area contributed by atoms with Gasteiger partial charge in [0.25, 0.3) is 0 Å². The van der Waals surface area contributed by atoms with Gasteiger partial charge in [0.2, 0.25) is 0 Å². The molecule has 0 aromatic carbocycles. The summed E-state index contributed by atoms with van der Waals surface area (Å²) in [6.07, 6.45) is 12.6. The predicted octanol–water partition coefficient (Wildman–Crippen LogP) is 5.46. The van der Waals surface area contributed by atoms with Gasteiger partial charge < -0.3 is 19.7 Å². The molecule has 2 saturated heterocycles. The number of hydrogen-bond donors (Lipinski definition) is 2. The van der Waals surface area contributed by atoms with Crippen LogP contribution in [0.3, 0.4) is 0 Å². The van der Waals surface area contributed by atoms with Crippen molar-refractivity contribution < 1.29 is 19.7 Å². The molecular weight excluding hydrogens is 424 g/mol. The zero-order valence-electron chi connectivity index (χ0n) is 22.4. The molecule has 34 heavy (non-hydrogen) atoms. The standard InChI is InChI=1S/C30H46O4/c1-17-14-18-23(25(4,5)32)34-30(33-18)15-27(7)20-9-8-19-24(2,3)21(31)10-11-28(19)16-29(20,28)13-12-26(27,6)22(17)30/h8-9,17-23,31-32H,10-16H2,1-7H3/t17-,18-,19+,20+,21+,22-,23+,26-,27+,28-,29+,30-/m1/s1. The molecule has 0 amide bonds. The first-order valence-electron chi connectivity index (χ1n) is 14.1. The Kier molecular flexibility index (Phi) is 4.02. The van der Waals surface area contributed by atoms with Crippen LogP contribution in [0, 0.1) is 50.7 Å². The van der Waals surface area contributed by atoms with Gasteiger partial charge in [0.05, 0.1) is 17.8 Å². The minimum Gasteiger partial charge on any atom is -0.393 e. The molecule has 0 aromatic heterocycles. The molecule has 12 atom stereocenters. The predicted molar refractivity (Wildman–Crippen MR) is 131 cm³/mol. The number of aliphatic hydroxyl groups is 2. The van der Waals surface area contributed by atoms with Crippen LogP contribution < -0.4 is 0 Å². The lowest BCUT2D eigenvalue weighted by Crippen LogP contribution is -2.56. The third kappa shape index (κ3) is 2.21. The molecular formula is C30H46O4. The van der Waals surface area contributed by atoms with E-state index in [4.69, 9.17) is 9.47 Å². The lowest BCUT2D eigenvalue weighted by molar-refractivity contribution is -0.245. The number of ether oxygens (including phenoxy) is 2. The van der Waals surface area contributed by atoms with Gasteiger partial charge in [-0.1, -0.05) is 46.8 Å². The van der Waals surface area contributed by atoms with Gasteiger partial charge >= 0.3 is 0 Å². The van der Waals surface area contributed by atoms with Gasteiger partial charge in [-0.2, -0.15) is 0 Å². The molecule has 6 fully saturated rings. The Morgan fingerprint density at radius 2 is 1.56 bits per heavy atom. The lowest BCUT2D eigenvalue weighted by Gasteiger charge is -2.61. The molecule has 0 unspecified atom stereocenters. The van der Waals surface area contributed by atoms with E-state index in [0.717, 1.165) is 19.3 Å². The Labute approximate surface area is 205 Å². The second-order valence-electron chi connectivity index (χ2n) is 15.6. The summed E-state index contributed by atoms with van der Waals surface area (Å²) in [7, 11) is 0. The first-order valence-corrected chi connectivity index (χ1v) is 14.1. The molecule has 2 heterocycles. The van der Waals surface area contributed by atoms with Crippen molar-refractivity contribution in [2.75, 3.05) is 0 Å². The fourth-order valence-electron chi connectivity index (χ4n) is 11.9. The highest BCUT2D eigenvalue weighted by Gasteiger charge is 2.85. The summed E-state index contributed by atoms with van der Waals surface area (Å²) in [6.45, 7) is 15.9. The van der Waals surface area contributed by atoms with Crippen LogP contribution in [0.25, 0.3) is 0 Å². The monoisotopic (exact) mass is 470 g/mol. The SMILES string of the molecule is C[C@@H]1C[C@H]2O[C@]3(C[C@@]4(C)[C@@H]5C=C[C@H]6C(C)(C)[C@@H](O)CC[C@@]67C[C@@]57CC[C@]4(C)[C@@H]13)O[C@@H]2C(C)(C)O. The molecule has 5 aliphatic carbocycles. The minimum atomic E-state index is -0.896. The fraction of sp³-hybridized carbons (Fsp3) is 0.933. The molecule has 4 saturated carbocycles. The molecule has 0 aromatic rings. The Hall–Kier alpha value is -0.420. The van der Waals surface area contributed by atoms with E-state index in [2.05, 4.69) is 46.8 Å². The van der Waals surface area contributed by atoms with Gasteiger partial charge in [-0.25, -0.2) is 0 Å². The molecule has 7 aliphatic rings. The second-order valence-corrected chi connectivity index (χ2v) is 15.6. The van der Waals surface area contributed by atoms with Crippen molar-refractivity contribution in [3.8, 4) is 0 Å². The van der Waals surface area contributed by atoms with Crippen molar-refractivity contribution in [2.24, 2.45) is 50.7 Å². The maximum atomic E-state index is 11.0. The van der Waals surface area contributed by atoms with Crippen LogP contribution in [-0.4, -0.2) is 39.9 Å². The van der Waals surface area contributed by atoms with Crippen molar-refractivity contribution in [1.29, 1.82) is 0 Å². The van der Waals surface area contributed by atoms with Gasteiger partial charge in [0, 0.05) is 12.3 Å². The molecule has 2 aliphatic heterocycles. The topological polar surface area (TPSA) is 58.9 Å². The second kappa shape index (κ2) is 6.00. The van der Waals surface area contributed by atoms with Crippen LogP contribution in [-0.2, 0) is 9.47 Å². The van der Waals surface area contributed by atoms with Gasteiger partial charge in [0.15, 0.2) is 5.79 Å². The van der Waals surface area contributed by atoms with Crippen molar-refractivity contribution >= 4 is 0 Å². The first-order chi connectivity index (χ1) is 15.7. The van der Waals surface area contributed by atoms with E-state index >= 15 is 0 Å². The smallest absolute Gasteiger partial charge is 0.173 e. The van der Waals surface area contributed by atoms with Crippen molar-refractivity contribution in [3.05, 3.63) is 12.2 Å². The summed E-state index contributed by atoms with van der Waals surface area (Å²) in [5.41, 5.74) is 0.0650. The number of allylic oxidation sites excluding steroid dienone is 2. The van der Waals surface area contributed by atoms with E-state index < -0.39 is 11.4 Å². The third-order valence-electron chi connectivity index (χ3n) is 13.4. The van der Waals surface area contributed by atoms with Crippen LogP contribution in [0.1, 0.15) is 93.4 Å². The highest BCUT2D eigenvalue weighted by Crippen LogP contribution is 2.89. The Balaban J connectivity index is 1.33. The molecule has 7 rings (SSSR count). The van der Waals surface area contributed by atoms with Crippen molar-refractivity contribution in [3.63, 3.8) is 0 Å². The van der Waals surface area contributed by atoms with E-state index in [1.165, 1.54) is 25.7 Å². The zero-order valence-corrected chi connectivity index (χ0v) is 22.4. The van der Waals surface area contributed by atoms with E-state index in [-0.39, 0.29) is 34.6 Å². The summed E-state index contributed by atoms with van der Waals surface area (Å²) in [5, 5.41) is 21.8. The number of aliphatic hydroxyl groups excluding tert-OH is 1. The molecule has 190 valence electrons. The van der Waals surface area contributed by atoms with Crippen LogP contribution in [0.15, 0.2) is 12.2 Å². The molecule has 0 radical (unpaired) electrons. The maximum Gasteiger partial charge on any atom is 0.173 e. The molecule has 3 spiro atoms. The van der Waals surface area contributed by atoms with Crippen LogP contribution in [0.2, 0.25) is 0 Å². The summed E-state index contributed by atoms with van der Waals surface area (Å²) >= 11 is 0. The normalized spacial score (nSPS) is 62.8. The summed E-state index contributed by atoms with van der Waals surface area (Å²) in [5.74, 6) is 1.37. The molecule has 2 bridgehead atoms. The number of rotatable bonds is 1. The van der Waals surface area contributed by atoms with E-state index in [1.54, 1.807) is 0 Å². The summed E-state index contributed by atoms with van der Waals surface area (Å²) in [4.78, 5) is 0. The molecule has 4 heteroatoms. The summed E-state index contributed by atoms with van der Waals surface area (Å²) in [6, 6.07) is 0. The quantitative estimate of drug-likeness (QED) is 0.500. The van der Waals surface area contributed by atoms with Gasteiger partial charge in [-0.05, 0) is 97.2 Å². The van der Waals surface area contributed by atoms with Crippen molar-refractivity contribution in [1.82, 2.24) is 0 Å². The molecule has 4 nitrogen and oxygen atoms in total.